The van der Waals surface area contributed by atoms with Gasteiger partial charge in [-0.25, -0.2) is 8.42 Å². The van der Waals surface area contributed by atoms with Gasteiger partial charge in [0.15, 0.2) is 0 Å². The van der Waals surface area contributed by atoms with Crippen LogP contribution < -0.4 is 0 Å². The van der Waals surface area contributed by atoms with Crippen LogP contribution in [0.4, 0.5) is 0 Å². The number of aliphatic hydroxyl groups is 1. The molecule has 1 aliphatic carbocycles. The van der Waals surface area contributed by atoms with Crippen molar-refractivity contribution in [1.82, 2.24) is 4.31 Å². The second-order valence-electron chi connectivity index (χ2n) is 4.42. The van der Waals surface area contributed by atoms with Gasteiger partial charge < -0.3 is 5.11 Å². The normalized spacial score (nSPS) is 16.2. The predicted molar refractivity (Wildman–Crippen MR) is 72.1 cm³/mol. The minimum absolute atomic E-state index is 0.114. The summed E-state index contributed by atoms with van der Waals surface area (Å²) in [7, 11) is -3.44. The van der Waals surface area contributed by atoms with Gasteiger partial charge in [-0.05, 0) is 31.4 Å². The molecule has 0 saturated heterocycles. The smallest absolute Gasteiger partial charge is 0.253 e. The highest BCUT2D eigenvalue weighted by Gasteiger charge is 2.38. The largest absolute Gasteiger partial charge is 0.391 e. The first-order chi connectivity index (χ1) is 8.50. The van der Waals surface area contributed by atoms with Crippen LogP contribution >= 0.6 is 11.3 Å². The van der Waals surface area contributed by atoms with Crippen molar-refractivity contribution in [1.29, 1.82) is 0 Å². The number of sulfonamides is 1. The standard InChI is InChI=1S/C12H17NO3S2/c1-3-6-13(10-4-5-10)18(15,16)12-7-9(2)11(8-14)17-12/h3,7,10,14H,1,4-6,8H2,2H3. The van der Waals surface area contributed by atoms with Gasteiger partial charge in [0.1, 0.15) is 4.21 Å². The molecule has 0 bridgehead atoms. The summed E-state index contributed by atoms with van der Waals surface area (Å²) in [6.07, 6.45) is 3.46. The molecule has 0 aliphatic heterocycles. The van der Waals surface area contributed by atoms with Crippen LogP contribution in [0, 0.1) is 6.92 Å². The summed E-state index contributed by atoms with van der Waals surface area (Å²) in [6.45, 7) is 5.66. The van der Waals surface area contributed by atoms with Gasteiger partial charge in [-0.15, -0.1) is 17.9 Å². The van der Waals surface area contributed by atoms with Gasteiger partial charge in [-0.2, -0.15) is 4.31 Å². The Labute approximate surface area is 112 Å². The van der Waals surface area contributed by atoms with Crippen molar-refractivity contribution in [2.45, 2.75) is 36.6 Å². The van der Waals surface area contributed by atoms with Gasteiger partial charge >= 0.3 is 0 Å². The van der Waals surface area contributed by atoms with E-state index in [2.05, 4.69) is 6.58 Å². The molecule has 1 aromatic rings. The fraction of sp³-hybridized carbons (Fsp3) is 0.500. The Morgan fingerprint density at radius 1 is 1.61 bits per heavy atom. The Morgan fingerprint density at radius 3 is 2.72 bits per heavy atom. The molecule has 1 aromatic heterocycles. The van der Waals surface area contributed by atoms with E-state index in [-0.39, 0.29) is 12.6 Å². The summed E-state index contributed by atoms with van der Waals surface area (Å²) in [4.78, 5) is 0.711. The molecule has 1 heterocycles. The van der Waals surface area contributed by atoms with Gasteiger partial charge in [-0.1, -0.05) is 6.08 Å². The zero-order valence-corrected chi connectivity index (χ0v) is 11.9. The third-order valence-corrected chi connectivity index (χ3v) is 6.56. The molecule has 1 aliphatic rings. The van der Waals surface area contributed by atoms with Crippen LogP contribution in [0.25, 0.3) is 0 Å². The summed E-state index contributed by atoms with van der Waals surface area (Å²) < 4.78 is 26.8. The van der Waals surface area contributed by atoms with Gasteiger partial charge in [0.05, 0.1) is 6.61 Å². The van der Waals surface area contributed by atoms with Crippen LogP contribution in [0.1, 0.15) is 23.3 Å². The Balaban J connectivity index is 2.35. The highest BCUT2D eigenvalue weighted by molar-refractivity contribution is 7.91. The molecule has 6 heteroatoms. The van der Waals surface area contributed by atoms with Crippen LogP contribution in [-0.2, 0) is 16.6 Å². The highest BCUT2D eigenvalue weighted by atomic mass is 32.2. The van der Waals surface area contributed by atoms with E-state index in [0.29, 0.717) is 15.6 Å². The van der Waals surface area contributed by atoms with E-state index in [1.54, 1.807) is 12.1 Å². The topological polar surface area (TPSA) is 57.6 Å². The zero-order valence-electron chi connectivity index (χ0n) is 10.3. The minimum Gasteiger partial charge on any atom is -0.391 e. The summed E-state index contributed by atoms with van der Waals surface area (Å²) >= 11 is 1.15. The molecular formula is C12H17NO3S2. The SMILES string of the molecule is C=CCN(C1CC1)S(=O)(=O)c1cc(C)c(CO)s1. The number of thiophene rings is 1. The highest BCUT2D eigenvalue weighted by Crippen LogP contribution is 2.35. The Hall–Kier alpha value is -0.690. The number of nitrogens with zero attached hydrogens (tertiary/aromatic N) is 1. The maximum Gasteiger partial charge on any atom is 0.253 e. The number of aliphatic hydroxyl groups excluding tert-OH is 1. The van der Waals surface area contributed by atoms with Gasteiger partial charge in [0, 0.05) is 17.5 Å². The molecule has 18 heavy (non-hydrogen) atoms. The van der Waals surface area contributed by atoms with Crippen molar-refractivity contribution >= 4 is 21.4 Å². The van der Waals surface area contributed by atoms with Crippen molar-refractivity contribution in [2.24, 2.45) is 0 Å². The average Bonchev–Trinajstić information content (AvgIpc) is 3.08. The molecule has 0 spiro atoms. The average molecular weight is 287 g/mol. The van der Waals surface area contributed by atoms with E-state index < -0.39 is 10.0 Å². The lowest BCUT2D eigenvalue weighted by Crippen LogP contribution is -2.32. The van der Waals surface area contributed by atoms with Crippen molar-refractivity contribution < 1.29 is 13.5 Å². The quantitative estimate of drug-likeness (QED) is 0.813. The molecule has 2 rings (SSSR count). The molecule has 1 fully saturated rings. The summed E-state index contributed by atoms with van der Waals surface area (Å²) in [5, 5.41) is 9.15. The molecule has 100 valence electrons. The van der Waals surface area contributed by atoms with E-state index in [9.17, 15) is 8.42 Å². The monoisotopic (exact) mass is 287 g/mol. The van der Waals surface area contributed by atoms with Crippen LogP contribution in [0.2, 0.25) is 0 Å². The lowest BCUT2D eigenvalue weighted by Gasteiger charge is -2.18. The predicted octanol–water partition coefficient (Wildman–Crippen LogP) is 1.89. The number of rotatable bonds is 6. The van der Waals surface area contributed by atoms with Gasteiger partial charge in [-0.3, -0.25) is 0 Å². The molecule has 0 aromatic carbocycles. The van der Waals surface area contributed by atoms with Crippen LogP contribution in [0.5, 0.6) is 0 Å². The van der Waals surface area contributed by atoms with Gasteiger partial charge in [0.25, 0.3) is 10.0 Å². The summed E-state index contributed by atoms with van der Waals surface area (Å²) in [6, 6.07) is 1.76. The second-order valence-corrected chi connectivity index (χ2v) is 7.68. The molecule has 4 nitrogen and oxygen atoms in total. The molecule has 1 saturated carbocycles. The van der Waals surface area contributed by atoms with Crippen molar-refractivity contribution in [3.8, 4) is 0 Å². The zero-order chi connectivity index (χ0) is 13.3. The van der Waals surface area contributed by atoms with Gasteiger partial charge in [0.2, 0.25) is 0 Å². The van der Waals surface area contributed by atoms with Crippen molar-refractivity contribution in [2.75, 3.05) is 6.54 Å². The number of aryl methyl sites for hydroxylation is 1. The molecule has 0 unspecified atom stereocenters. The van der Waals surface area contributed by atoms with Crippen LogP contribution in [0.15, 0.2) is 22.9 Å². The summed E-state index contributed by atoms with van der Waals surface area (Å²) in [5.41, 5.74) is 0.829. The number of hydrogen-bond acceptors (Lipinski definition) is 4. The van der Waals surface area contributed by atoms with Crippen LogP contribution in [-0.4, -0.2) is 30.4 Å². The van der Waals surface area contributed by atoms with E-state index in [1.807, 2.05) is 6.92 Å². The summed E-state index contributed by atoms with van der Waals surface area (Å²) in [5.74, 6) is 0. The minimum atomic E-state index is -3.44. The fourth-order valence-corrected chi connectivity index (χ4v) is 5.06. The third-order valence-electron chi connectivity index (χ3n) is 2.97. The number of hydrogen-bond donors (Lipinski definition) is 1. The van der Waals surface area contributed by atoms with E-state index >= 15 is 0 Å². The second kappa shape index (κ2) is 5.13. The maximum atomic E-state index is 12.5. The first kappa shape index (κ1) is 13.7. The van der Waals surface area contributed by atoms with E-state index in [4.69, 9.17) is 5.11 Å². The Bertz CT molecular complexity index is 544. The van der Waals surface area contributed by atoms with E-state index in [1.165, 1.54) is 4.31 Å². The fourth-order valence-electron chi connectivity index (χ4n) is 1.82. The third kappa shape index (κ3) is 2.51. The molecular weight excluding hydrogens is 270 g/mol. The molecule has 1 N–H and O–H groups in total. The lowest BCUT2D eigenvalue weighted by molar-refractivity contribution is 0.285. The Kier molecular flexibility index (Phi) is 3.91. The molecule has 0 atom stereocenters. The first-order valence-corrected chi connectivity index (χ1v) is 8.09. The van der Waals surface area contributed by atoms with Crippen molar-refractivity contribution in [3.63, 3.8) is 0 Å². The first-order valence-electron chi connectivity index (χ1n) is 5.83. The van der Waals surface area contributed by atoms with Crippen LogP contribution in [0.3, 0.4) is 0 Å². The molecule has 0 radical (unpaired) electrons. The Morgan fingerprint density at radius 2 is 2.28 bits per heavy atom. The maximum absolute atomic E-state index is 12.5. The molecule has 0 amide bonds. The lowest BCUT2D eigenvalue weighted by atomic mass is 10.3. The van der Waals surface area contributed by atoms with E-state index in [0.717, 1.165) is 29.7 Å². The van der Waals surface area contributed by atoms with Crippen molar-refractivity contribution in [3.05, 3.63) is 29.2 Å².